The Balaban J connectivity index is -0.0000000575. The van der Waals surface area contributed by atoms with Crippen LogP contribution in [0.25, 0.3) is 0 Å². The Morgan fingerprint density at radius 1 is 1.00 bits per heavy atom. The standard InChI is InChI=1S/C4H10.C2H6O.Li.H/c1-3-4-2;1-3-2;;/h3-4H2,1-2H3;1-2H3;;. The van der Waals surface area contributed by atoms with E-state index in [1.165, 1.54) is 12.8 Å². The van der Waals surface area contributed by atoms with E-state index in [0.29, 0.717) is 0 Å². The van der Waals surface area contributed by atoms with Gasteiger partial charge in [-0.15, -0.1) is 0 Å². The van der Waals surface area contributed by atoms with Crippen molar-refractivity contribution >= 4 is 18.9 Å². The van der Waals surface area contributed by atoms with Crippen LogP contribution in [-0.2, 0) is 4.74 Å². The van der Waals surface area contributed by atoms with Crippen LogP contribution in [0, 0.1) is 0 Å². The third-order valence-electron chi connectivity index (χ3n) is 0.500. The summed E-state index contributed by atoms with van der Waals surface area (Å²) in [5.74, 6) is 0. The molecular formula is C6H17LiO. The van der Waals surface area contributed by atoms with Gasteiger partial charge in [-0.25, -0.2) is 0 Å². The van der Waals surface area contributed by atoms with Crippen LogP contribution in [0.5, 0.6) is 0 Å². The summed E-state index contributed by atoms with van der Waals surface area (Å²) in [6, 6.07) is 0. The van der Waals surface area contributed by atoms with Crippen molar-refractivity contribution in [3.8, 4) is 0 Å². The first-order valence-corrected chi connectivity index (χ1v) is 2.73. The Labute approximate surface area is 65.0 Å². The topological polar surface area (TPSA) is 9.23 Å². The van der Waals surface area contributed by atoms with E-state index in [2.05, 4.69) is 18.6 Å². The minimum atomic E-state index is 0. The van der Waals surface area contributed by atoms with Crippen molar-refractivity contribution in [2.24, 2.45) is 0 Å². The van der Waals surface area contributed by atoms with Crippen LogP contribution in [0.4, 0.5) is 0 Å². The van der Waals surface area contributed by atoms with Gasteiger partial charge in [0, 0.05) is 14.2 Å². The molecule has 0 N–H and O–H groups in total. The summed E-state index contributed by atoms with van der Waals surface area (Å²) < 4.78 is 4.25. The van der Waals surface area contributed by atoms with E-state index in [-0.39, 0.29) is 18.9 Å². The second-order valence-corrected chi connectivity index (χ2v) is 1.41. The molecule has 0 unspecified atom stereocenters. The van der Waals surface area contributed by atoms with E-state index in [4.69, 9.17) is 0 Å². The first-order chi connectivity index (χ1) is 3.33. The van der Waals surface area contributed by atoms with Crippen LogP contribution >= 0.6 is 0 Å². The SMILES string of the molecule is CCCC.COC.[LiH]. The van der Waals surface area contributed by atoms with Gasteiger partial charge in [0.25, 0.3) is 0 Å². The van der Waals surface area contributed by atoms with Crippen molar-refractivity contribution in [3.63, 3.8) is 0 Å². The zero-order valence-electron chi connectivity index (χ0n) is 5.82. The maximum atomic E-state index is 4.25. The Morgan fingerprint density at radius 3 is 1.12 bits per heavy atom. The van der Waals surface area contributed by atoms with Crippen molar-refractivity contribution < 1.29 is 4.74 Å². The molecule has 0 spiro atoms. The fourth-order valence-corrected chi connectivity index (χ4v) is 0. The molecular weight excluding hydrogens is 95.0 g/mol. The molecule has 0 saturated carbocycles. The quantitative estimate of drug-likeness (QED) is 0.466. The monoisotopic (exact) mass is 112 g/mol. The van der Waals surface area contributed by atoms with E-state index in [1.54, 1.807) is 14.2 Å². The van der Waals surface area contributed by atoms with Crippen LogP contribution in [0.1, 0.15) is 26.7 Å². The Morgan fingerprint density at radius 2 is 1.12 bits per heavy atom. The average molecular weight is 112 g/mol. The molecule has 1 nitrogen and oxygen atoms in total. The molecule has 0 aromatic rings. The van der Waals surface area contributed by atoms with E-state index < -0.39 is 0 Å². The van der Waals surface area contributed by atoms with Gasteiger partial charge < -0.3 is 4.74 Å². The second-order valence-electron chi connectivity index (χ2n) is 1.41. The van der Waals surface area contributed by atoms with E-state index in [0.717, 1.165) is 0 Å². The number of hydrogen-bond donors (Lipinski definition) is 0. The first kappa shape index (κ1) is 15.8. The van der Waals surface area contributed by atoms with Crippen LogP contribution in [0.15, 0.2) is 0 Å². The molecule has 0 aliphatic heterocycles. The summed E-state index contributed by atoms with van der Waals surface area (Å²) in [6.07, 6.45) is 2.64. The average Bonchev–Trinajstić information content (AvgIpc) is 1.69. The van der Waals surface area contributed by atoms with Gasteiger partial charge in [-0.3, -0.25) is 0 Å². The third-order valence-corrected chi connectivity index (χ3v) is 0.500. The van der Waals surface area contributed by atoms with Gasteiger partial charge in [0.05, 0.1) is 0 Å². The molecule has 0 bridgehead atoms. The van der Waals surface area contributed by atoms with Gasteiger partial charge in [0.15, 0.2) is 0 Å². The summed E-state index contributed by atoms with van der Waals surface area (Å²) in [5, 5.41) is 0. The van der Waals surface area contributed by atoms with Gasteiger partial charge in [-0.2, -0.15) is 0 Å². The molecule has 0 aliphatic carbocycles. The van der Waals surface area contributed by atoms with Gasteiger partial charge in [-0.1, -0.05) is 26.7 Å². The van der Waals surface area contributed by atoms with Crippen LogP contribution in [0.3, 0.4) is 0 Å². The second kappa shape index (κ2) is 25.7. The molecule has 0 amide bonds. The normalized spacial score (nSPS) is 6.00. The molecule has 0 aromatic carbocycles. The number of rotatable bonds is 1. The molecule has 0 aromatic heterocycles. The van der Waals surface area contributed by atoms with E-state index in [9.17, 15) is 0 Å². The molecule has 0 saturated heterocycles. The Bertz CT molecular complexity index is 16.0. The Kier molecular flexibility index (Phi) is 50.8. The van der Waals surface area contributed by atoms with Gasteiger partial charge in [0.1, 0.15) is 0 Å². The van der Waals surface area contributed by atoms with Crippen molar-refractivity contribution in [2.75, 3.05) is 14.2 Å². The van der Waals surface area contributed by atoms with Crippen LogP contribution in [-0.4, -0.2) is 33.1 Å². The molecule has 0 radical (unpaired) electrons. The first-order valence-electron chi connectivity index (χ1n) is 2.73. The van der Waals surface area contributed by atoms with Crippen molar-refractivity contribution in [3.05, 3.63) is 0 Å². The number of unbranched alkanes of at least 4 members (excludes halogenated alkanes) is 1. The number of ether oxygens (including phenoxy) is 1. The van der Waals surface area contributed by atoms with Crippen molar-refractivity contribution in [2.45, 2.75) is 26.7 Å². The van der Waals surface area contributed by atoms with E-state index in [1.807, 2.05) is 0 Å². The number of methoxy groups -OCH3 is 1. The summed E-state index contributed by atoms with van der Waals surface area (Å²) >= 11 is 0. The zero-order chi connectivity index (χ0) is 6.12. The van der Waals surface area contributed by atoms with E-state index >= 15 is 0 Å². The zero-order valence-corrected chi connectivity index (χ0v) is 5.82. The van der Waals surface area contributed by atoms with Crippen LogP contribution in [0.2, 0.25) is 0 Å². The van der Waals surface area contributed by atoms with Gasteiger partial charge in [0.2, 0.25) is 0 Å². The molecule has 0 heterocycles. The third kappa shape index (κ3) is 83.5. The van der Waals surface area contributed by atoms with Gasteiger partial charge in [-0.05, 0) is 0 Å². The maximum absolute atomic E-state index is 4.25. The van der Waals surface area contributed by atoms with Crippen molar-refractivity contribution in [1.82, 2.24) is 0 Å². The molecule has 0 rings (SSSR count). The minimum absolute atomic E-state index is 0. The molecule has 48 valence electrons. The molecule has 0 fully saturated rings. The predicted molar refractivity (Wildman–Crippen MR) is 40.7 cm³/mol. The summed E-state index contributed by atoms with van der Waals surface area (Å²) in [6.45, 7) is 4.36. The molecule has 0 atom stereocenters. The number of hydrogen-bond acceptors (Lipinski definition) is 1. The fraction of sp³-hybridized carbons (Fsp3) is 1.00. The van der Waals surface area contributed by atoms with Crippen LogP contribution < -0.4 is 0 Å². The summed E-state index contributed by atoms with van der Waals surface area (Å²) in [5.41, 5.74) is 0. The molecule has 0 aliphatic rings. The molecule has 8 heavy (non-hydrogen) atoms. The summed E-state index contributed by atoms with van der Waals surface area (Å²) in [7, 11) is 3.25. The summed E-state index contributed by atoms with van der Waals surface area (Å²) in [4.78, 5) is 0. The molecule has 2 heteroatoms. The van der Waals surface area contributed by atoms with Gasteiger partial charge >= 0.3 is 18.9 Å². The Hall–Kier alpha value is 0.557. The fourth-order valence-electron chi connectivity index (χ4n) is 0. The predicted octanol–water partition coefficient (Wildman–Crippen LogP) is 1.42. The van der Waals surface area contributed by atoms with Crippen molar-refractivity contribution in [1.29, 1.82) is 0 Å².